The molecule has 2 heterocycles. The van der Waals surface area contributed by atoms with Crippen LogP contribution in [0.25, 0.3) is 10.9 Å². The summed E-state index contributed by atoms with van der Waals surface area (Å²) in [6.07, 6.45) is -0.295. The molecular formula is C16H21N3O2. The van der Waals surface area contributed by atoms with Crippen LogP contribution in [-0.4, -0.2) is 49.1 Å². The smallest absolute Gasteiger partial charge is 0.407 e. The third kappa shape index (κ3) is 3.19. The van der Waals surface area contributed by atoms with Crippen molar-refractivity contribution in [1.29, 1.82) is 0 Å². The number of likely N-dealkylation sites (N-methyl/N-ethyl adjacent to an activating group) is 1. The monoisotopic (exact) mass is 297 g/mol. The minimum absolute atomic E-state index is 0.0113. The molecule has 21 heavy (non-hydrogen) atoms. The summed E-state index contributed by atoms with van der Waals surface area (Å²) in [6.45, 7) is -7.36. The van der Waals surface area contributed by atoms with E-state index in [4.69, 9.17) is 13.7 Å². The van der Waals surface area contributed by atoms with E-state index < -0.39 is 38.6 Å². The number of amides is 1. The maximum atomic E-state index is 11.4. The molecule has 5 nitrogen and oxygen atoms in total. The van der Waals surface area contributed by atoms with Crippen LogP contribution < -0.4 is 5.32 Å². The van der Waals surface area contributed by atoms with Crippen LogP contribution in [0.3, 0.4) is 0 Å². The number of hydrogen-bond acceptors (Lipinski definition) is 3. The lowest BCUT2D eigenvalue weighted by Gasteiger charge is -2.09. The summed E-state index contributed by atoms with van der Waals surface area (Å²) in [6, 6.07) is -2.01. The van der Waals surface area contributed by atoms with Gasteiger partial charge in [0.25, 0.3) is 0 Å². The number of alkyl carbamates (subject to hydrolysis) is 1. The molecule has 1 amide bonds. The highest BCUT2D eigenvalue weighted by atomic mass is 16.6. The number of nitrogens with zero attached hydrogens (tertiary/aromatic N) is 1. The van der Waals surface area contributed by atoms with Gasteiger partial charge in [0.1, 0.15) is 6.56 Å². The lowest BCUT2D eigenvalue weighted by Crippen LogP contribution is -2.28. The second-order valence-electron chi connectivity index (χ2n) is 4.72. The molecule has 0 radical (unpaired) electrons. The lowest BCUT2D eigenvalue weighted by atomic mass is 10.0. The number of aromatic amines is 1. The van der Waals surface area contributed by atoms with Gasteiger partial charge in [-0.2, -0.15) is 0 Å². The highest BCUT2D eigenvalue weighted by Gasteiger charge is 2.22. The summed E-state index contributed by atoms with van der Waals surface area (Å²) >= 11 is 0. The normalized spacial score (nSPS) is 28.9. The van der Waals surface area contributed by atoms with Crippen LogP contribution in [-0.2, 0) is 17.6 Å². The van der Waals surface area contributed by atoms with Gasteiger partial charge in [-0.25, -0.2) is 4.79 Å². The molecule has 5 heteroatoms. The lowest BCUT2D eigenvalue weighted by molar-refractivity contribution is 0.177. The second kappa shape index (κ2) is 5.77. The standard InChI is InChI=1S/C16H21N3O2/c1-19(2)6-5-12-9-17-15-4-3-11(8-14(12)15)7-13-10-21-16(20)18-13/h3-4,8-9,13,17H,5-7,10H2,1-2H3,(H,18,20)/t13-/m0/s1/i1D3,3D,4D,6D2,8D,10D2. The largest absolute Gasteiger partial charge is 0.447 e. The van der Waals surface area contributed by atoms with Crippen molar-refractivity contribution >= 4 is 17.0 Å². The summed E-state index contributed by atoms with van der Waals surface area (Å²) in [5.41, 5.74) is 0.351. The molecule has 1 aromatic heterocycles. The molecule has 2 aromatic rings. The van der Waals surface area contributed by atoms with Gasteiger partial charge < -0.3 is 19.9 Å². The van der Waals surface area contributed by atoms with Crippen LogP contribution >= 0.6 is 0 Å². The van der Waals surface area contributed by atoms with E-state index in [1.165, 1.54) is 6.20 Å². The predicted octanol–water partition coefficient (Wildman–Crippen LogP) is 1.92. The fourth-order valence-electron chi connectivity index (χ4n) is 2.09. The molecule has 0 aliphatic carbocycles. The van der Waals surface area contributed by atoms with Crippen molar-refractivity contribution in [1.82, 2.24) is 15.2 Å². The summed E-state index contributed by atoms with van der Waals surface area (Å²) in [5.74, 6) is 0. The average Bonchev–Trinajstić information content (AvgIpc) is 3.14. The number of rotatable bonds is 5. The summed E-state index contributed by atoms with van der Waals surface area (Å²) in [7, 11) is 1.12. The number of benzene rings is 1. The van der Waals surface area contributed by atoms with Gasteiger partial charge >= 0.3 is 6.09 Å². The predicted molar refractivity (Wildman–Crippen MR) is 82.5 cm³/mol. The minimum atomic E-state index is -2.69. The van der Waals surface area contributed by atoms with Crippen LogP contribution in [0.15, 0.2) is 24.3 Å². The van der Waals surface area contributed by atoms with Gasteiger partial charge in [0, 0.05) is 30.5 Å². The number of aryl methyl sites for hydroxylation is 1. The van der Waals surface area contributed by atoms with Crippen molar-refractivity contribution in [2.45, 2.75) is 18.9 Å². The van der Waals surface area contributed by atoms with Gasteiger partial charge in [-0.15, -0.1) is 0 Å². The quantitative estimate of drug-likeness (QED) is 0.886. The molecule has 1 atom stereocenters. The number of hydrogen-bond donors (Lipinski definition) is 2. The van der Waals surface area contributed by atoms with E-state index in [9.17, 15) is 4.79 Å². The molecule has 1 fully saturated rings. The summed E-state index contributed by atoms with van der Waals surface area (Å²) in [4.78, 5) is 14.8. The molecular weight excluding hydrogens is 266 g/mol. The second-order valence-corrected chi connectivity index (χ2v) is 4.72. The topological polar surface area (TPSA) is 57.4 Å². The van der Waals surface area contributed by atoms with Crippen LogP contribution in [0.5, 0.6) is 0 Å². The van der Waals surface area contributed by atoms with Gasteiger partial charge in [-0.3, -0.25) is 0 Å². The maximum Gasteiger partial charge on any atom is 0.407 e. The molecule has 0 saturated carbocycles. The molecule has 1 saturated heterocycles. The first-order chi connectivity index (χ1) is 14.1. The Labute approximate surface area is 138 Å². The van der Waals surface area contributed by atoms with E-state index in [1.807, 2.05) is 0 Å². The number of carbonyl (C=O) groups excluding carboxylic acids is 1. The number of cyclic esters (lactones) is 1. The van der Waals surface area contributed by atoms with E-state index in [0.717, 1.165) is 7.05 Å². The maximum absolute atomic E-state index is 11.4. The number of aromatic nitrogens is 1. The molecule has 0 spiro atoms. The van der Waals surface area contributed by atoms with Gasteiger partial charge in [0.15, 0.2) is 0 Å². The van der Waals surface area contributed by atoms with Crippen molar-refractivity contribution in [3.05, 3.63) is 35.5 Å². The van der Waals surface area contributed by atoms with E-state index in [1.54, 1.807) is 0 Å². The van der Waals surface area contributed by atoms with Gasteiger partial charge in [0.2, 0.25) is 0 Å². The number of ether oxygens (including phenoxy) is 1. The zero-order chi connectivity index (χ0) is 23.5. The molecule has 0 bridgehead atoms. The van der Waals surface area contributed by atoms with Crippen LogP contribution in [0.1, 0.15) is 24.8 Å². The van der Waals surface area contributed by atoms with Gasteiger partial charge in [0.05, 0.1) is 12.9 Å². The molecule has 112 valence electrons. The Morgan fingerprint density at radius 1 is 1.67 bits per heavy atom. The zero-order valence-corrected chi connectivity index (χ0v) is 11.3. The van der Waals surface area contributed by atoms with Gasteiger partial charge in [-0.05, 0) is 50.1 Å². The van der Waals surface area contributed by atoms with E-state index in [2.05, 4.69) is 15.0 Å². The Morgan fingerprint density at radius 2 is 2.57 bits per heavy atom. The van der Waals surface area contributed by atoms with Gasteiger partial charge in [-0.1, -0.05) is 6.04 Å². The number of nitrogens with one attached hydrogen (secondary N) is 2. The van der Waals surface area contributed by atoms with Crippen molar-refractivity contribution in [3.63, 3.8) is 0 Å². The number of carbonyl (C=O) groups is 1. The molecule has 3 rings (SSSR count). The fourth-order valence-corrected chi connectivity index (χ4v) is 2.09. The Hall–Kier alpha value is -2.01. The number of H-pyrrole nitrogens is 1. The van der Waals surface area contributed by atoms with E-state index in [0.29, 0.717) is 4.90 Å². The average molecular weight is 297 g/mol. The van der Waals surface area contributed by atoms with Crippen molar-refractivity contribution in [3.8, 4) is 0 Å². The van der Waals surface area contributed by atoms with Crippen molar-refractivity contribution < 1.29 is 23.2 Å². The third-order valence-corrected chi connectivity index (χ3v) is 3.08. The van der Waals surface area contributed by atoms with Crippen molar-refractivity contribution in [2.24, 2.45) is 0 Å². The molecule has 2 N–H and O–H groups in total. The third-order valence-electron chi connectivity index (χ3n) is 3.08. The Balaban J connectivity index is 2.07. The van der Waals surface area contributed by atoms with Crippen LogP contribution in [0.2, 0.25) is 0 Å². The van der Waals surface area contributed by atoms with Crippen molar-refractivity contribution in [2.75, 3.05) is 27.1 Å². The number of fused-ring (bicyclic) bond motifs is 1. The Bertz CT molecular complexity index is 1030. The first-order valence-electron chi connectivity index (χ1n) is 11.4. The Kier molecular flexibility index (Phi) is 1.76. The first-order valence-corrected chi connectivity index (χ1v) is 6.38. The highest BCUT2D eigenvalue weighted by molar-refractivity contribution is 5.84. The fraction of sp³-hybridized carbons (Fsp3) is 0.438. The molecule has 1 aromatic carbocycles. The highest BCUT2D eigenvalue weighted by Crippen LogP contribution is 2.21. The molecule has 1 aliphatic rings. The first kappa shape index (κ1) is 6.40. The molecule has 0 unspecified atom stereocenters. The van der Waals surface area contributed by atoms with Crippen LogP contribution in [0, 0.1) is 0 Å². The summed E-state index contributed by atoms with van der Waals surface area (Å²) in [5, 5.41) is 2.43. The minimum Gasteiger partial charge on any atom is -0.447 e. The van der Waals surface area contributed by atoms with Crippen LogP contribution in [0.4, 0.5) is 4.79 Å². The molecule has 1 aliphatic heterocycles. The van der Waals surface area contributed by atoms with E-state index >= 15 is 0 Å². The zero-order valence-electron chi connectivity index (χ0n) is 21.3. The van der Waals surface area contributed by atoms with E-state index in [-0.39, 0.29) is 46.6 Å². The summed E-state index contributed by atoms with van der Waals surface area (Å²) < 4.78 is 83.9. The Morgan fingerprint density at radius 3 is 3.33 bits per heavy atom. The SMILES string of the molecule is [2H]c1c(C[C@@H]2NC(=O)OC2([2H])[2H])c([2H])c2c(CC([2H])([2H])N(C)C([2H])([2H])[2H])c[nH]c2c1[2H].